The van der Waals surface area contributed by atoms with E-state index in [0.717, 1.165) is 18.6 Å². The van der Waals surface area contributed by atoms with E-state index in [-0.39, 0.29) is 6.61 Å². The van der Waals surface area contributed by atoms with Crippen molar-refractivity contribution in [3.05, 3.63) is 23.8 Å². The summed E-state index contributed by atoms with van der Waals surface area (Å²) in [5, 5.41) is 0. The van der Waals surface area contributed by atoms with Gasteiger partial charge in [0, 0.05) is 11.5 Å². The molecule has 4 nitrogen and oxygen atoms in total. The molecule has 0 amide bonds. The van der Waals surface area contributed by atoms with Gasteiger partial charge in [0.1, 0.15) is 0 Å². The molecule has 0 bridgehead atoms. The van der Waals surface area contributed by atoms with E-state index >= 15 is 0 Å². The van der Waals surface area contributed by atoms with E-state index in [1.807, 2.05) is 12.1 Å². The van der Waals surface area contributed by atoms with Gasteiger partial charge in [0.2, 0.25) is 0 Å². The van der Waals surface area contributed by atoms with Gasteiger partial charge < -0.3 is 14.2 Å². The Morgan fingerprint density at radius 1 is 1.50 bits per heavy atom. The van der Waals surface area contributed by atoms with Gasteiger partial charge in [-0.05, 0) is 12.5 Å². The van der Waals surface area contributed by atoms with E-state index in [9.17, 15) is 4.79 Å². The maximum Gasteiger partial charge on any atom is 0.343 e. The zero-order chi connectivity index (χ0) is 13.0. The first-order chi connectivity index (χ1) is 8.76. The molecule has 0 radical (unpaired) electrons. The van der Waals surface area contributed by atoms with Crippen molar-refractivity contribution < 1.29 is 19.0 Å². The highest BCUT2D eigenvalue weighted by Gasteiger charge is 2.26. The average molecular weight is 250 g/mol. The summed E-state index contributed by atoms with van der Waals surface area (Å²) in [6.07, 6.45) is 2.23. The van der Waals surface area contributed by atoms with E-state index in [4.69, 9.17) is 9.47 Å². The summed E-state index contributed by atoms with van der Waals surface area (Å²) in [7, 11) is 1.34. The van der Waals surface area contributed by atoms with Crippen molar-refractivity contribution in [1.29, 1.82) is 0 Å². The lowest BCUT2D eigenvalue weighted by atomic mass is 9.96. The molecule has 1 aromatic rings. The van der Waals surface area contributed by atoms with Gasteiger partial charge in [-0.2, -0.15) is 0 Å². The van der Waals surface area contributed by atoms with Crippen molar-refractivity contribution in [2.45, 2.75) is 25.7 Å². The maximum absolute atomic E-state index is 11.1. The standard InChI is InChI=1S/C14H18O4/c1-3-5-10-8-18-14-11(10)6-4-7-12(14)17-9-13(15)16-2/h4,6-7,10H,3,5,8-9H2,1-2H3. The van der Waals surface area contributed by atoms with E-state index in [1.54, 1.807) is 0 Å². The summed E-state index contributed by atoms with van der Waals surface area (Å²) < 4.78 is 15.7. The van der Waals surface area contributed by atoms with Gasteiger partial charge in [-0.1, -0.05) is 25.5 Å². The van der Waals surface area contributed by atoms with Gasteiger partial charge in [-0.25, -0.2) is 4.79 Å². The second kappa shape index (κ2) is 5.76. The normalized spacial score (nSPS) is 16.9. The van der Waals surface area contributed by atoms with Crippen LogP contribution in [0, 0.1) is 0 Å². The molecule has 1 unspecified atom stereocenters. The number of carbonyl (C=O) groups is 1. The van der Waals surface area contributed by atoms with Crippen LogP contribution in [0.5, 0.6) is 11.5 Å². The van der Waals surface area contributed by atoms with Crippen LogP contribution in [0.1, 0.15) is 31.2 Å². The molecular weight excluding hydrogens is 232 g/mol. The minimum Gasteiger partial charge on any atom is -0.489 e. The topological polar surface area (TPSA) is 44.8 Å². The molecular formula is C14H18O4. The molecule has 1 heterocycles. The Kier molecular flexibility index (Phi) is 4.07. The molecule has 2 rings (SSSR count). The minimum absolute atomic E-state index is 0.0885. The summed E-state index contributed by atoms with van der Waals surface area (Å²) in [6, 6.07) is 5.81. The van der Waals surface area contributed by atoms with E-state index in [2.05, 4.69) is 17.7 Å². The Morgan fingerprint density at radius 2 is 2.33 bits per heavy atom. The van der Waals surface area contributed by atoms with Gasteiger partial charge in [-0.3, -0.25) is 0 Å². The number of methoxy groups -OCH3 is 1. The number of para-hydroxylation sites is 1. The van der Waals surface area contributed by atoms with Gasteiger partial charge >= 0.3 is 5.97 Å². The summed E-state index contributed by atoms with van der Waals surface area (Å²) in [4.78, 5) is 11.1. The Morgan fingerprint density at radius 3 is 3.06 bits per heavy atom. The number of esters is 1. The van der Waals surface area contributed by atoms with E-state index in [0.29, 0.717) is 18.3 Å². The quantitative estimate of drug-likeness (QED) is 0.753. The highest BCUT2D eigenvalue weighted by atomic mass is 16.6. The zero-order valence-corrected chi connectivity index (χ0v) is 10.8. The fourth-order valence-electron chi connectivity index (χ4n) is 2.18. The molecule has 18 heavy (non-hydrogen) atoms. The fourth-order valence-corrected chi connectivity index (χ4v) is 2.18. The smallest absolute Gasteiger partial charge is 0.343 e. The maximum atomic E-state index is 11.1. The van der Waals surface area contributed by atoms with Gasteiger partial charge in [0.25, 0.3) is 0 Å². The first-order valence-electron chi connectivity index (χ1n) is 6.21. The third kappa shape index (κ3) is 2.58. The van der Waals surface area contributed by atoms with Crippen LogP contribution in [0.2, 0.25) is 0 Å². The summed E-state index contributed by atoms with van der Waals surface area (Å²) in [6.45, 7) is 2.77. The molecule has 0 aliphatic carbocycles. The van der Waals surface area contributed by atoms with E-state index in [1.165, 1.54) is 12.7 Å². The van der Waals surface area contributed by atoms with Crippen LogP contribution in [-0.4, -0.2) is 26.3 Å². The van der Waals surface area contributed by atoms with Crippen LogP contribution < -0.4 is 9.47 Å². The van der Waals surface area contributed by atoms with Gasteiger partial charge in [-0.15, -0.1) is 0 Å². The Bertz CT molecular complexity index is 428. The summed E-state index contributed by atoms with van der Waals surface area (Å²) in [5.74, 6) is 1.44. The molecule has 0 spiro atoms. The number of ether oxygens (including phenoxy) is 3. The van der Waals surface area contributed by atoms with Crippen molar-refractivity contribution in [1.82, 2.24) is 0 Å². The number of carbonyl (C=O) groups excluding carboxylic acids is 1. The lowest BCUT2D eigenvalue weighted by molar-refractivity contribution is -0.142. The lowest BCUT2D eigenvalue weighted by Gasteiger charge is -2.09. The van der Waals surface area contributed by atoms with E-state index < -0.39 is 5.97 Å². The minimum atomic E-state index is -0.393. The molecule has 0 saturated heterocycles. The fraction of sp³-hybridized carbons (Fsp3) is 0.500. The molecule has 1 aromatic carbocycles. The van der Waals surface area contributed by atoms with Crippen LogP contribution in [0.25, 0.3) is 0 Å². The largest absolute Gasteiger partial charge is 0.489 e. The number of fused-ring (bicyclic) bond motifs is 1. The van der Waals surface area contributed by atoms with Gasteiger partial charge in [0.15, 0.2) is 18.1 Å². The van der Waals surface area contributed by atoms with Crippen molar-refractivity contribution in [2.75, 3.05) is 20.3 Å². The van der Waals surface area contributed by atoms with Gasteiger partial charge in [0.05, 0.1) is 13.7 Å². The number of rotatable bonds is 5. The van der Waals surface area contributed by atoms with Crippen LogP contribution >= 0.6 is 0 Å². The molecule has 0 aromatic heterocycles. The Balaban J connectivity index is 2.12. The molecule has 1 atom stereocenters. The van der Waals surface area contributed by atoms with Crippen LogP contribution in [0.3, 0.4) is 0 Å². The molecule has 4 heteroatoms. The highest BCUT2D eigenvalue weighted by Crippen LogP contribution is 2.42. The van der Waals surface area contributed by atoms with Crippen molar-refractivity contribution in [3.8, 4) is 11.5 Å². The highest BCUT2D eigenvalue weighted by molar-refractivity contribution is 5.71. The average Bonchev–Trinajstić information content (AvgIpc) is 2.80. The zero-order valence-electron chi connectivity index (χ0n) is 10.8. The third-order valence-corrected chi connectivity index (χ3v) is 3.09. The second-order valence-electron chi connectivity index (χ2n) is 4.34. The molecule has 1 aliphatic rings. The third-order valence-electron chi connectivity index (χ3n) is 3.09. The van der Waals surface area contributed by atoms with Crippen molar-refractivity contribution in [2.24, 2.45) is 0 Å². The molecule has 0 saturated carbocycles. The van der Waals surface area contributed by atoms with Crippen molar-refractivity contribution in [3.63, 3.8) is 0 Å². The first kappa shape index (κ1) is 12.7. The molecule has 0 fully saturated rings. The summed E-state index contributed by atoms with van der Waals surface area (Å²) >= 11 is 0. The number of hydrogen-bond acceptors (Lipinski definition) is 4. The van der Waals surface area contributed by atoms with Crippen LogP contribution in [-0.2, 0) is 9.53 Å². The Hall–Kier alpha value is -1.71. The van der Waals surface area contributed by atoms with Crippen molar-refractivity contribution >= 4 is 5.97 Å². The van der Waals surface area contributed by atoms with Crippen LogP contribution in [0.4, 0.5) is 0 Å². The SMILES string of the molecule is CCCC1COc2c(OCC(=O)OC)cccc21. The number of benzene rings is 1. The monoisotopic (exact) mass is 250 g/mol. The molecule has 98 valence electrons. The summed E-state index contributed by atoms with van der Waals surface area (Å²) in [5.41, 5.74) is 1.18. The predicted octanol–water partition coefficient (Wildman–Crippen LogP) is 2.51. The Labute approximate surface area is 107 Å². The number of hydrogen-bond donors (Lipinski definition) is 0. The molecule has 0 N–H and O–H groups in total. The molecule has 1 aliphatic heterocycles. The lowest BCUT2D eigenvalue weighted by Crippen LogP contribution is -2.12. The first-order valence-corrected chi connectivity index (χ1v) is 6.21. The van der Waals surface area contributed by atoms with Crippen LogP contribution in [0.15, 0.2) is 18.2 Å². The second-order valence-corrected chi connectivity index (χ2v) is 4.34. The predicted molar refractivity (Wildman–Crippen MR) is 67.1 cm³/mol.